The SMILES string of the molecule is CC(C)C1=C2[C@H]3CC[C@@H]4[C@@]5(C)CC[C@H](OC(=O)CC(C)(C)C(=O)O)C(C)(C)[C@@H]5CC[C@@]4(C)[C@]3(C)CC[C@@]2([C@@H](C)CCCc2ccccc2Cl)CC1=O. The van der Waals surface area contributed by atoms with Crippen LogP contribution >= 0.6 is 11.6 Å². The van der Waals surface area contributed by atoms with Gasteiger partial charge < -0.3 is 9.84 Å². The van der Waals surface area contributed by atoms with Crippen molar-refractivity contribution in [1.29, 1.82) is 0 Å². The van der Waals surface area contributed by atoms with Gasteiger partial charge in [0.1, 0.15) is 6.10 Å². The molecule has 0 heterocycles. The number of halogens is 1. The van der Waals surface area contributed by atoms with Crippen LogP contribution in [-0.2, 0) is 25.5 Å². The van der Waals surface area contributed by atoms with Gasteiger partial charge in [0.2, 0.25) is 0 Å². The first kappa shape index (κ1) is 39.6. The third-order valence-corrected chi connectivity index (χ3v) is 17.2. The minimum absolute atomic E-state index is 0.0369. The van der Waals surface area contributed by atoms with E-state index in [1.165, 1.54) is 24.0 Å². The summed E-state index contributed by atoms with van der Waals surface area (Å²) >= 11 is 6.55. The highest BCUT2D eigenvalue weighted by Crippen LogP contribution is 2.77. The van der Waals surface area contributed by atoms with Gasteiger partial charge in [-0.1, -0.05) is 90.8 Å². The van der Waals surface area contributed by atoms with Crippen LogP contribution in [0.5, 0.6) is 0 Å². The van der Waals surface area contributed by atoms with Crippen LogP contribution in [0.3, 0.4) is 0 Å². The summed E-state index contributed by atoms with van der Waals surface area (Å²) in [5.41, 5.74) is 2.95. The molecule has 9 atom stereocenters. The van der Waals surface area contributed by atoms with Gasteiger partial charge in [0.25, 0.3) is 0 Å². The van der Waals surface area contributed by atoms with Crippen LogP contribution < -0.4 is 0 Å². The Morgan fingerprint density at radius 3 is 2.27 bits per heavy atom. The molecule has 1 N–H and O–H groups in total. The summed E-state index contributed by atoms with van der Waals surface area (Å²) in [6.07, 6.45) is 12.2. The summed E-state index contributed by atoms with van der Waals surface area (Å²) in [5.74, 6) is 1.12. The van der Waals surface area contributed by atoms with Gasteiger partial charge in [-0.3, -0.25) is 14.4 Å². The number of hydrogen-bond acceptors (Lipinski definition) is 4. The summed E-state index contributed by atoms with van der Waals surface area (Å²) in [7, 11) is 0. The van der Waals surface area contributed by atoms with E-state index < -0.39 is 17.4 Å². The topological polar surface area (TPSA) is 80.7 Å². The maximum Gasteiger partial charge on any atom is 0.309 e. The average molecular weight is 735 g/mol. The zero-order valence-electron chi connectivity index (χ0n) is 33.9. The van der Waals surface area contributed by atoms with Crippen LogP contribution in [0.1, 0.15) is 152 Å². The molecule has 0 bridgehead atoms. The zero-order chi connectivity index (χ0) is 38.2. The van der Waals surface area contributed by atoms with Gasteiger partial charge >= 0.3 is 11.9 Å². The Bertz CT molecular complexity index is 1620. The molecule has 0 spiro atoms. The van der Waals surface area contributed by atoms with Crippen LogP contribution in [-0.4, -0.2) is 28.9 Å². The molecule has 5 aliphatic rings. The molecule has 4 fully saturated rings. The highest BCUT2D eigenvalue weighted by atomic mass is 35.5. The van der Waals surface area contributed by atoms with Crippen molar-refractivity contribution in [3.05, 3.63) is 46.0 Å². The second-order valence-electron chi connectivity index (χ2n) is 20.4. The van der Waals surface area contributed by atoms with Crippen LogP contribution in [0.2, 0.25) is 5.02 Å². The Kier molecular flexibility index (Phi) is 10.3. The van der Waals surface area contributed by atoms with Gasteiger partial charge in [-0.25, -0.2) is 0 Å². The number of aryl methyl sites for hydroxylation is 1. The molecule has 5 nitrogen and oxygen atoms in total. The van der Waals surface area contributed by atoms with Crippen molar-refractivity contribution in [2.75, 3.05) is 0 Å². The lowest BCUT2D eigenvalue weighted by atomic mass is 9.32. The number of carboxylic acids is 1. The number of aliphatic carboxylic acids is 1. The van der Waals surface area contributed by atoms with Gasteiger partial charge in [0, 0.05) is 22.3 Å². The van der Waals surface area contributed by atoms with Crippen molar-refractivity contribution in [3.8, 4) is 0 Å². The first-order valence-electron chi connectivity index (χ1n) is 20.6. The maximum absolute atomic E-state index is 14.2. The molecule has 1 aromatic rings. The Morgan fingerprint density at radius 1 is 0.923 bits per heavy atom. The number of ketones is 1. The molecule has 0 amide bonds. The van der Waals surface area contributed by atoms with E-state index in [1.54, 1.807) is 19.4 Å². The lowest BCUT2D eigenvalue weighted by Crippen LogP contribution is -2.66. The number of fused-ring (bicyclic) bond motifs is 7. The predicted molar refractivity (Wildman–Crippen MR) is 209 cm³/mol. The van der Waals surface area contributed by atoms with E-state index in [0.717, 1.165) is 62.8 Å². The van der Waals surface area contributed by atoms with E-state index in [1.807, 2.05) is 12.1 Å². The molecular formula is C46H67ClO5. The van der Waals surface area contributed by atoms with E-state index in [0.29, 0.717) is 35.9 Å². The molecule has 6 rings (SSSR count). The highest BCUT2D eigenvalue weighted by molar-refractivity contribution is 6.31. The number of carboxylic acid groups (broad SMARTS) is 1. The number of hydrogen-bond donors (Lipinski definition) is 1. The Labute approximate surface area is 319 Å². The Morgan fingerprint density at radius 2 is 1.62 bits per heavy atom. The lowest BCUT2D eigenvalue weighted by Gasteiger charge is -2.72. The smallest absolute Gasteiger partial charge is 0.309 e. The number of carbonyl (C=O) groups is 3. The summed E-state index contributed by atoms with van der Waals surface area (Å²) in [6, 6.07) is 8.22. The monoisotopic (exact) mass is 734 g/mol. The van der Waals surface area contributed by atoms with Crippen LogP contribution in [0.15, 0.2) is 35.4 Å². The lowest BCUT2D eigenvalue weighted by molar-refractivity contribution is -0.234. The van der Waals surface area contributed by atoms with Gasteiger partial charge in [0.15, 0.2) is 5.78 Å². The number of ether oxygens (including phenoxy) is 1. The first-order chi connectivity index (χ1) is 24.2. The third kappa shape index (κ3) is 6.04. The third-order valence-electron chi connectivity index (χ3n) is 16.8. The molecule has 0 radical (unpaired) electrons. The minimum atomic E-state index is -1.15. The molecular weight excluding hydrogens is 668 g/mol. The molecule has 0 unspecified atom stereocenters. The molecule has 288 valence electrons. The van der Waals surface area contributed by atoms with Crippen molar-refractivity contribution in [2.24, 2.45) is 62.1 Å². The van der Waals surface area contributed by atoms with Gasteiger partial charge in [-0.2, -0.15) is 0 Å². The quantitative estimate of drug-likeness (QED) is 0.242. The fourth-order valence-corrected chi connectivity index (χ4v) is 13.9. The van der Waals surface area contributed by atoms with E-state index >= 15 is 0 Å². The standard InChI is InChI=1S/C46H67ClO5/c1-28(2)38-33(48)26-46(29(3)14-13-16-30-15-11-12-17-32(30)47)25-24-44(9)31(39(38)46)18-19-35-43(8)22-21-36(52-37(49)27-41(4,5)40(50)51)42(6,7)34(43)20-23-45(35,44)10/h11-12,15,17,28-29,31,34-36H,13-14,16,18-27H2,1-10H3,(H,50,51)/t29-,31+,34-,35+,36-,43-,44+,45+,46-/m0/s1. The van der Waals surface area contributed by atoms with Crippen molar-refractivity contribution < 1.29 is 24.2 Å². The van der Waals surface area contributed by atoms with Crippen LogP contribution in [0.25, 0.3) is 0 Å². The molecule has 4 saturated carbocycles. The van der Waals surface area contributed by atoms with Crippen molar-refractivity contribution in [1.82, 2.24) is 0 Å². The van der Waals surface area contributed by atoms with Gasteiger partial charge in [-0.15, -0.1) is 0 Å². The van der Waals surface area contributed by atoms with Crippen LogP contribution in [0.4, 0.5) is 0 Å². The summed E-state index contributed by atoms with van der Waals surface area (Å²) in [6.45, 7) is 22.6. The largest absolute Gasteiger partial charge is 0.481 e. The number of carbonyl (C=O) groups excluding carboxylic acids is 2. The van der Waals surface area contributed by atoms with Crippen molar-refractivity contribution >= 4 is 29.3 Å². The predicted octanol–water partition coefficient (Wildman–Crippen LogP) is 11.7. The second-order valence-corrected chi connectivity index (χ2v) is 20.8. The molecule has 6 heteroatoms. The van der Waals surface area contributed by atoms with Crippen molar-refractivity contribution in [2.45, 2.75) is 159 Å². The number of benzene rings is 1. The van der Waals surface area contributed by atoms with Gasteiger partial charge in [-0.05, 0) is 148 Å². The minimum Gasteiger partial charge on any atom is -0.481 e. The molecule has 0 saturated heterocycles. The van der Waals surface area contributed by atoms with E-state index in [-0.39, 0.29) is 45.5 Å². The Hall–Kier alpha value is -2.14. The van der Waals surface area contributed by atoms with Crippen molar-refractivity contribution in [3.63, 3.8) is 0 Å². The average Bonchev–Trinajstić information content (AvgIpc) is 3.36. The first-order valence-corrected chi connectivity index (χ1v) is 21.0. The summed E-state index contributed by atoms with van der Waals surface area (Å²) in [5, 5.41) is 10.5. The summed E-state index contributed by atoms with van der Waals surface area (Å²) < 4.78 is 6.19. The number of rotatable bonds is 10. The second kappa shape index (κ2) is 13.6. The molecule has 0 aromatic heterocycles. The van der Waals surface area contributed by atoms with E-state index in [4.69, 9.17) is 16.3 Å². The zero-order valence-corrected chi connectivity index (χ0v) is 34.7. The number of esters is 1. The van der Waals surface area contributed by atoms with Gasteiger partial charge in [0.05, 0.1) is 11.8 Å². The highest BCUT2D eigenvalue weighted by Gasteiger charge is 2.70. The number of allylic oxidation sites excluding steroid dienone is 2. The molecule has 52 heavy (non-hydrogen) atoms. The maximum atomic E-state index is 14.2. The summed E-state index contributed by atoms with van der Waals surface area (Å²) in [4.78, 5) is 39.0. The van der Waals surface area contributed by atoms with E-state index in [2.05, 4.69) is 67.5 Å². The fourth-order valence-electron chi connectivity index (χ4n) is 13.7. The molecule has 0 aliphatic heterocycles. The van der Waals surface area contributed by atoms with Crippen LogP contribution in [0, 0.1) is 62.1 Å². The normalized spacial score (nSPS) is 37.5. The molecule has 1 aromatic carbocycles. The Balaban J connectivity index is 1.26. The van der Waals surface area contributed by atoms with E-state index in [9.17, 15) is 19.5 Å². The number of Topliss-reactive ketones (excluding diaryl/α,β-unsaturated/α-hetero) is 1. The molecule has 5 aliphatic carbocycles. The fraction of sp³-hybridized carbons (Fsp3) is 0.761.